The summed E-state index contributed by atoms with van der Waals surface area (Å²) in [5.74, 6) is 0. The molecular formula is C10H11NO2. The molecule has 13 heavy (non-hydrogen) atoms. The molecule has 0 fully saturated rings. The molecule has 0 radical (unpaired) electrons. The highest BCUT2D eigenvalue weighted by Gasteiger charge is 2.01. The van der Waals surface area contributed by atoms with Gasteiger partial charge in [0.1, 0.15) is 12.8 Å². The Balaban J connectivity index is 2.99. The number of nitrogens with zero attached hydrogens (tertiary/aromatic N) is 1. The van der Waals surface area contributed by atoms with E-state index in [0.29, 0.717) is 12.0 Å². The third-order valence-corrected chi connectivity index (χ3v) is 1.65. The number of hydrogen-bond donors (Lipinski definition) is 0. The van der Waals surface area contributed by atoms with Gasteiger partial charge in [-0.15, -0.1) is 0 Å². The van der Waals surface area contributed by atoms with Crippen molar-refractivity contribution in [3.8, 4) is 0 Å². The minimum atomic E-state index is 0.308. The number of rotatable bonds is 3. The summed E-state index contributed by atoms with van der Waals surface area (Å²) in [7, 11) is 1.41. The fourth-order valence-electron chi connectivity index (χ4n) is 0.965. The highest BCUT2D eigenvalue weighted by atomic mass is 16.6. The summed E-state index contributed by atoms with van der Waals surface area (Å²) in [6.07, 6.45) is 0.675. The summed E-state index contributed by atoms with van der Waals surface area (Å²) in [5, 5.41) is 3.59. The molecule has 0 saturated carbocycles. The number of carbonyl (C=O) groups excluding carboxylic acids is 1. The lowest BCUT2D eigenvalue weighted by atomic mass is 10.1. The van der Waals surface area contributed by atoms with Crippen LogP contribution in [0.25, 0.3) is 0 Å². The molecule has 0 aliphatic heterocycles. The highest BCUT2D eigenvalue weighted by Crippen LogP contribution is 2.03. The van der Waals surface area contributed by atoms with E-state index in [1.54, 1.807) is 0 Å². The normalized spacial score (nSPS) is 11.1. The Kier molecular flexibility index (Phi) is 3.20. The molecule has 1 rings (SSSR count). The van der Waals surface area contributed by atoms with Crippen LogP contribution in [0.4, 0.5) is 0 Å². The van der Waals surface area contributed by atoms with Crippen molar-refractivity contribution in [1.29, 1.82) is 0 Å². The monoisotopic (exact) mass is 177 g/mol. The van der Waals surface area contributed by atoms with Gasteiger partial charge in [-0.05, 0) is 6.92 Å². The Hall–Kier alpha value is -1.64. The SMILES string of the molecule is CO/N=C(/C=O)c1ccc(C)cc1. The minimum absolute atomic E-state index is 0.308. The number of aryl methyl sites for hydroxylation is 1. The maximum absolute atomic E-state index is 10.6. The molecule has 0 saturated heterocycles. The van der Waals surface area contributed by atoms with Gasteiger partial charge in [-0.3, -0.25) is 4.79 Å². The smallest absolute Gasteiger partial charge is 0.172 e. The molecule has 0 aliphatic carbocycles. The third-order valence-electron chi connectivity index (χ3n) is 1.65. The van der Waals surface area contributed by atoms with Gasteiger partial charge in [-0.2, -0.15) is 0 Å². The Morgan fingerprint density at radius 1 is 1.38 bits per heavy atom. The molecule has 0 N–H and O–H groups in total. The van der Waals surface area contributed by atoms with Crippen LogP contribution in [0, 0.1) is 6.92 Å². The fraction of sp³-hybridized carbons (Fsp3) is 0.200. The molecule has 3 nitrogen and oxygen atoms in total. The van der Waals surface area contributed by atoms with Gasteiger partial charge in [0.15, 0.2) is 6.29 Å². The van der Waals surface area contributed by atoms with Crippen LogP contribution in [0.5, 0.6) is 0 Å². The molecule has 68 valence electrons. The van der Waals surface area contributed by atoms with Gasteiger partial charge < -0.3 is 4.84 Å². The molecule has 0 heterocycles. The Labute approximate surface area is 77.0 Å². The third kappa shape index (κ3) is 2.40. The molecule has 0 amide bonds. The van der Waals surface area contributed by atoms with Crippen LogP contribution in [-0.2, 0) is 9.63 Å². The number of oxime groups is 1. The second-order valence-electron chi connectivity index (χ2n) is 2.64. The highest BCUT2D eigenvalue weighted by molar-refractivity contribution is 6.36. The molecule has 0 bridgehead atoms. The zero-order valence-corrected chi connectivity index (χ0v) is 7.65. The van der Waals surface area contributed by atoms with Crippen molar-refractivity contribution in [3.05, 3.63) is 35.4 Å². The Bertz CT molecular complexity index is 314. The number of carbonyl (C=O) groups is 1. The van der Waals surface area contributed by atoms with Crippen LogP contribution in [-0.4, -0.2) is 19.1 Å². The Morgan fingerprint density at radius 3 is 2.46 bits per heavy atom. The van der Waals surface area contributed by atoms with E-state index in [-0.39, 0.29) is 0 Å². The molecule has 3 heteroatoms. The summed E-state index contributed by atoms with van der Waals surface area (Å²) in [4.78, 5) is 15.1. The van der Waals surface area contributed by atoms with Crippen molar-refractivity contribution in [2.75, 3.05) is 7.11 Å². The first-order valence-corrected chi connectivity index (χ1v) is 3.91. The van der Waals surface area contributed by atoms with E-state index in [2.05, 4.69) is 9.99 Å². The quantitative estimate of drug-likeness (QED) is 0.399. The average molecular weight is 177 g/mol. The summed E-state index contributed by atoms with van der Waals surface area (Å²) in [6.45, 7) is 1.98. The maximum Gasteiger partial charge on any atom is 0.172 e. The second kappa shape index (κ2) is 4.40. The molecule has 0 atom stereocenters. The van der Waals surface area contributed by atoms with Crippen LogP contribution in [0.3, 0.4) is 0 Å². The van der Waals surface area contributed by atoms with E-state index in [9.17, 15) is 4.79 Å². The van der Waals surface area contributed by atoms with Crippen molar-refractivity contribution in [1.82, 2.24) is 0 Å². The topological polar surface area (TPSA) is 38.7 Å². The zero-order chi connectivity index (χ0) is 9.68. The molecule has 0 spiro atoms. The van der Waals surface area contributed by atoms with Crippen LogP contribution < -0.4 is 0 Å². The van der Waals surface area contributed by atoms with Crippen LogP contribution in [0.1, 0.15) is 11.1 Å². The van der Waals surface area contributed by atoms with Crippen LogP contribution >= 0.6 is 0 Å². The van der Waals surface area contributed by atoms with Crippen molar-refractivity contribution < 1.29 is 9.63 Å². The standard InChI is InChI=1S/C10H11NO2/c1-8-3-5-9(6-4-8)10(7-12)11-13-2/h3-7H,1-2H3/b11-10-. The van der Waals surface area contributed by atoms with Crippen molar-refractivity contribution >= 4 is 12.0 Å². The van der Waals surface area contributed by atoms with E-state index in [1.807, 2.05) is 31.2 Å². The van der Waals surface area contributed by atoms with Crippen LogP contribution in [0.2, 0.25) is 0 Å². The van der Waals surface area contributed by atoms with E-state index in [1.165, 1.54) is 7.11 Å². The van der Waals surface area contributed by atoms with Gasteiger partial charge in [0.05, 0.1) is 0 Å². The average Bonchev–Trinajstić information content (AvgIpc) is 2.16. The zero-order valence-electron chi connectivity index (χ0n) is 7.65. The predicted molar refractivity (Wildman–Crippen MR) is 50.8 cm³/mol. The molecule has 0 unspecified atom stereocenters. The van der Waals surface area contributed by atoms with Gasteiger partial charge in [-0.1, -0.05) is 35.0 Å². The molecule has 1 aromatic carbocycles. The first kappa shape index (κ1) is 9.45. The van der Waals surface area contributed by atoms with Gasteiger partial charge in [0, 0.05) is 5.56 Å². The maximum atomic E-state index is 10.6. The van der Waals surface area contributed by atoms with E-state index < -0.39 is 0 Å². The summed E-state index contributed by atoms with van der Waals surface area (Å²) in [5.41, 5.74) is 2.22. The van der Waals surface area contributed by atoms with E-state index in [0.717, 1.165) is 11.1 Å². The first-order chi connectivity index (χ1) is 6.27. The Morgan fingerprint density at radius 2 is 2.00 bits per heavy atom. The summed E-state index contributed by atoms with van der Waals surface area (Å²) >= 11 is 0. The summed E-state index contributed by atoms with van der Waals surface area (Å²) in [6, 6.07) is 7.51. The molecule has 1 aromatic rings. The molecule has 0 aliphatic rings. The van der Waals surface area contributed by atoms with Gasteiger partial charge >= 0.3 is 0 Å². The first-order valence-electron chi connectivity index (χ1n) is 3.91. The molecule has 0 aromatic heterocycles. The van der Waals surface area contributed by atoms with Gasteiger partial charge in [0.2, 0.25) is 0 Å². The molecular weight excluding hydrogens is 166 g/mol. The number of hydrogen-bond acceptors (Lipinski definition) is 3. The van der Waals surface area contributed by atoms with Crippen LogP contribution in [0.15, 0.2) is 29.4 Å². The van der Waals surface area contributed by atoms with E-state index in [4.69, 9.17) is 0 Å². The lowest BCUT2D eigenvalue weighted by molar-refractivity contribution is -0.102. The predicted octanol–water partition coefficient (Wildman–Crippen LogP) is 1.54. The minimum Gasteiger partial charge on any atom is -0.399 e. The van der Waals surface area contributed by atoms with E-state index >= 15 is 0 Å². The summed E-state index contributed by atoms with van der Waals surface area (Å²) < 4.78 is 0. The lowest BCUT2D eigenvalue weighted by Gasteiger charge is -1.98. The van der Waals surface area contributed by atoms with Crippen molar-refractivity contribution in [2.45, 2.75) is 6.92 Å². The van der Waals surface area contributed by atoms with Crippen molar-refractivity contribution in [2.24, 2.45) is 5.16 Å². The number of benzene rings is 1. The largest absolute Gasteiger partial charge is 0.399 e. The van der Waals surface area contributed by atoms with Gasteiger partial charge in [-0.25, -0.2) is 0 Å². The van der Waals surface area contributed by atoms with Gasteiger partial charge in [0.25, 0.3) is 0 Å². The lowest BCUT2D eigenvalue weighted by Crippen LogP contribution is -2.02. The van der Waals surface area contributed by atoms with Crippen molar-refractivity contribution in [3.63, 3.8) is 0 Å². The fourth-order valence-corrected chi connectivity index (χ4v) is 0.965. The second-order valence-corrected chi connectivity index (χ2v) is 2.64. The number of aldehydes is 1.